The molecule has 0 unspecified atom stereocenters. The number of hydrogen-bond acceptors (Lipinski definition) is 6. The summed E-state index contributed by atoms with van der Waals surface area (Å²) < 4.78 is 25.3. The zero-order valence-corrected chi connectivity index (χ0v) is 37.6. The minimum Gasteiger partial charge on any atom is -0.456 e. The van der Waals surface area contributed by atoms with Gasteiger partial charge in [0.05, 0.1) is 0 Å². The summed E-state index contributed by atoms with van der Waals surface area (Å²) in [7, 11) is 0. The second-order valence-electron chi connectivity index (χ2n) is 17.7. The predicted octanol–water partition coefficient (Wildman–Crippen LogP) is 18.9. The second kappa shape index (κ2) is 16.1. The molecule has 0 spiro atoms. The fourth-order valence-electron chi connectivity index (χ4n) is 10.0. The molecule has 0 aliphatic carbocycles. The molecule has 14 rings (SSSR count). The van der Waals surface area contributed by atoms with E-state index in [0.29, 0.717) is 0 Å². The summed E-state index contributed by atoms with van der Waals surface area (Å²) in [5, 5.41) is 6.32. The molecule has 330 valence electrons. The van der Waals surface area contributed by atoms with Crippen LogP contribution in [0.3, 0.4) is 0 Å². The Morgan fingerprint density at radius 1 is 0.214 bits per heavy atom. The SMILES string of the molecule is c1ccc(N(c2ccc(-c3ccc(N(c4ccccc4)c4ccc5oc6ccc(-c7cc8ccccc8o7)cc6c5c4)cc3)cc2)c2ccc3oc4ccc(-c5cc6ccccc6o5)cc4c3c2)cc1. The molecule has 4 heterocycles. The molecule has 0 aliphatic rings. The van der Waals surface area contributed by atoms with Crippen LogP contribution in [0.25, 0.3) is 99.6 Å². The monoisotopic (exact) mass is 900 g/mol. The first kappa shape index (κ1) is 39.6. The van der Waals surface area contributed by atoms with Gasteiger partial charge in [-0.05, 0) is 157 Å². The van der Waals surface area contributed by atoms with E-state index in [1.165, 1.54) is 0 Å². The number of anilines is 6. The maximum absolute atomic E-state index is 6.38. The Morgan fingerprint density at radius 3 is 0.957 bits per heavy atom. The fraction of sp³-hybridized carbons (Fsp3) is 0. The van der Waals surface area contributed by atoms with Gasteiger partial charge in [0.2, 0.25) is 0 Å². The van der Waals surface area contributed by atoms with Crippen LogP contribution in [-0.2, 0) is 0 Å². The molecular weight excluding hydrogens is 861 g/mol. The van der Waals surface area contributed by atoms with Crippen molar-refractivity contribution in [2.24, 2.45) is 0 Å². The molecule has 0 saturated heterocycles. The lowest BCUT2D eigenvalue weighted by molar-refractivity contribution is 0.631. The molecule has 4 aromatic heterocycles. The highest BCUT2D eigenvalue weighted by atomic mass is 16.3. The van der Waals surface area contributed by atoms with E-state index in [9.17, 15) is 0 Å². The molecule has 0 atom stereocenters. The first-order valence-electron chi connectivity index (χ1n) is 23.5. The van der Waals surface area contributed by atoms with Gasteiger partial charge in [-0.1, -0.05) is 97.1 Å². The van der Waals surface area contributed by atoms with Crippen molar-refractivity contribution in [2.75, 3.05) is 9.80 Å². The molecule has 70 heavy (non-hydrogen) atoms. The Bertz CT molecular complexity index is 3900. The first-order valence-corrected chi connectivity index (χ1v) is 23.5. The van der Waals surface area contributed by atoms with Crippen LogP contribution in [0.5, 0.6) is 0 Å². The van der Waals surface area contributed by atoms with Crippen LogP contribution in [0.1, 0.15) is 0 Å². The number of fused-ring (bicyclic) bond motifs is 8. The topological polar surface area (TPSA) is 59.0 Å². The molecule has 14 aromatic rings. The van der Waals surface area contributed by atoms with Crippen LogP contribution in [0.4, 0.5) is 34.1 Å². The van der Waals surface area contributed by atoms with Crippen molar-refractivity contribution in [2.45, 2.75) is 0 Å². The van der Waals surface area contributed by atoms with Gasteiger partial charge in [0.1, 0.15) is 45.0 Å². The molecule has 0 amide bonds. The predicted molar refractivity (Wildman–Crippen MR) is 286 cm³/mol. The Kier molecular flexibility index (Phi) is 9.10. The Morgan fingerprint density at radius 2 is 0.543 bits per heavy atom. The van der Waals surface area contributed by atoms with E-state index in [1.807, 2.05) is 48.5 Å². The summed E-state index contributed by atoms with van der Waals surface area (Å²) in [6.45, 7) is 0. The van der Waals surface area contributed by atoms with Crippen molar-refractivity contribution >= 4 is 99.9 Å². The smallest absolute Gasteiger partial charge is 0.135 e. The van der Waals surface area contributed by atoms with E-state index in [1.54, 1.807) is 0 Å². The third-order valence-electron chi connectivity index (χ3n) is 13.5. The lowest BCUT2D eigenvalue weighted by Gasteiger charge is -2.26. The summed E-state index contributed by atoms with van der Waals surface area (Å²) in [6.07, 6.45) is 0. The largest absolute Gasteiger partial charge is 0.456 e. The van der Waals surface area contributed by atoms with E-state index in [4.69, 9.17) is 17.7 Å². The highest BCUT2D eigenvalue weighted by Gasteiger charge is 2.19. The molecule has 0 saturated carbocycles. The van der Waals surface area contributed by atoms with Gasteiger partial charge in [0.25, 0.3) is 0 Å². The van der Waals surface area contributed by atoms with E-state index >= 15 is 0 Å². The Hall–Kier alpha value is -9.52. The Labute approximate surface area is 402 Å². The van der Waals surface area contributed by atoms with Crippen LogP contribution in [0.2, 0.25) is 0 Å². The van der Waals surface area contributed by atoms with Crippen molar-refractivity contribution < 1.29 is 17.7 Å². The summed E-state index contributed by atoms with van der Waals surface area (Å²) in [5.41, 5.74) is 15.6. The summed E-state index contributed by atoms with van der Waals surface area (Å²) in [5.74, 6) is 1.66. The van der Waals surface area contributed by atoms with Gasteiger partial charge in [0.15, 0.2) is 0 Å². The van der Waals surface area contributed by atoms with E-state index in [2.05, 4.69) is 204 Å². The maximum Gasteiger partial charge on any atom is 0.135 e. The molecule has 0 fully saturated rings. The van der Waals surface area contributed by atoms with Crippen molar-refractivity contribution in [1.29, 1.82) is 0 Å². The molecule has 0 N–H and O–H groups in total. The van der Waals surface area contributed by atoms with Crippen LogP contribution in [0.15, 0.2) is 260 Å². The molecule has 0 bridgehead atoms. The highest BCUT2D eigenvalue weighted by Crippen LogP contribution is 2.43. The molecule has 0 aliphatic heterocycles. The molecule has 0 radical (unpaired) electrons. The van der Waals surface area contributed by atoms with Crippen LogP contribution >= 0.6 is 0 Å². The maximum atomic E-state index is 6.38. The number of furan rings is 4. The quantitative estimate of drug-likeness (QED) is 0.144. The third-order valence-corrected chi connectivity index (χ3v) is 13.5. The zero-order valence-electron chi connectivity index (χ0n) is 37.6. The number of rotatable bonds is 9. The van der Waals surface area contributed by atoms with Crippen LogP contribution in [-0.4, -0.2) is 0 Å². The van der Waals surface area contributed by atoms with E-state index in [0.717, 1.165) is 134 Å². The molecular formula is C64H40N2O4. The first-order chi connectivity index (χ1) is 34.6. The highest BCUT2D eigenvalue weighted by molar-refractivity contribution is 6.09. The van der Waals surface area contributed by atoms with Gasteiger partial charge >= 0.3 is 0 Å². The number of para-hydroxylation sites is 4. The third kappa shape index (κ3) is 6.81. The summed E-state index contributed by atoms with van der Waals surface area (Å²) in [6, 6.07) is 84.5. The van der Waals surface area contributed by atoms with Gasteiger partial charge in [-0.2, -0.15) is 0 Å². The standard InChI is InChI=1S/C64H40N2O4/c1-3-13-47(14-4-1)65(51-29-33-61-55(39-51)53-35-45(23-31-59(53)69-61)63-37-43-11-7-9-17-57(43)67-63)49-25-19-41(20-26-49)42-21-27-50(28-22-42)66(48-15-5-2-6-16-48)52-30-34-62-56(40-52)54-36-46(24-32-60(54)70-62)64-38-44-12-8-10-18-58(44)68-64/h1-40H. The van der Waals surface area contributed by atoms with Gasteiger partial charge in [-0.25, -0.2) is 0 Å². The Balaban J connectivity index is 0.791. The second-order valence-corrected chi connectivity index (χ2v) is 17.7. The van der Waals surface area contributed by atoms with Crippen molar-refractivity contribution in [3.05, 3.63) is 243 Å². The van der Waals surface area contributed by atoms with Crippen molar-refractivity contribution in [1.82, 2.24) is 0 Å². The lowest BCUT2D eigenvalue weighted by Crippen LogP contribution is -2.10. The molecule has 10 aromatic carbocycles. The fourth-order valence-corrected chi connectivity index (χ4v) is 10.0. The molecule has 6 nitrogen and oxygen atoms in total. The minimum atomic E-state index is 0.832. The number of benzene rings is 10. The average molecular weight is 901 g/mol. The summed E-state index contributed by atoms with van der Waals surface area (Å²) in [4.78, 5) is 4.59. The molecule has 6 heteroatoms. The van der Waals surface area contributed by atoms with Crippen LogP contribution < -0.4 is 9.80 Å². The number of nitrogens with zero attached hydrogens (tertiary/aromatic N) is 2. The lowest BCUT2D eigenvalue weighted by atomic mass is 10.0. The van der Waals surface area contributed by atoms with Gasteiger partial charge < -0.3 is 27.5 Å². The van der Waals surface area contributed by atoms with Crippen molar-refractivity contribution in [3.8, 4) is 33.8 Å². The van der Waals surface area contributed by atoms with Crippen LogP contribution in [0, 0.1) is 0 Å². The van der Waals surface area contributed by atoms with E-state index < -0.39 is 0 Å². The van der Waals surface area contributed by atoms with Gasteiger partial charge in [-0.3, -0.25) is 0 Å². The normalized spacial score (nSPS) is 11.7. The minimum absolute atomic E-state index is 0.832. The van der Waals surface area contributed by atoms with Gasteiger partial charge in [0, 0.05) is 77.6 Å². The average Bonchev–Trinajstić information content (AvgIpc) is 4.22. The summed E-state index contributed by atoms with van der Waals surface area (Å²) >= 11 is 0. The van der Waals surface area contributed by atoms with Crippen molar-refractivity contribution in [3.63, 3.8) is 0 Å². The zero-order chi connectivity index (χ0) is 46.1. The number of hydrogen-bond donors (Lipinski definition) is 0. The van der Waals surface area contributed by atoms with Gasteiger partial charge in [-0.15, -0.1) is 0 Å². The van der Waals surface area contributed by atoms with E-state index in [-0.39, 0.29) is 0 Å².